The van der Waals surface area contributed by atoms with Crippen molar-refractivity contribution in [2.24, 2.45) is 11.8 Å². The Bertz CT molecular complexity index is 2010. The van der Waals surface area contributed by atoms with Gasteiger partial charge in [0.2, 0.25) is 17.7 Å². The van der Waals surface area contributed by atoms with E-state index in [0.29, 0.717) is 24.9 Å². The van der Waals surface area contributed by atoms with Crippen molar-refractivity contribution in [2.45, 2.75) is 76.4 Å². The minimum atomic E-state index is -1.04. The first-order valence-corrected chi connectivity index (χ1v) is 19.3. The number of carbonyl (C=O) groups is 6. The maximum absolute atomic E-state index is 13.1. The Labute approximate surface area is 317 Å². The van der Waals surface area contributed by atoms with Gasteiger partial charge in [0.1, 0.15) is 23.6 Å². The van der Waals surface area contributed by atoms with Crippen molar-refractivity contribution in [1.82, 2.24) is 44.9 Å². The molecule has 4 fully saturated rings. The Hall–Kier alpha value is -5.45. The molecule has 17 heteroatoms. The van der Waals surface area contributed by atoms with E-state index in [4.69, 9.17) is 4.74 Å². The second kappa shape index (κ2) is 15.4. The molecule has 0 spiro atoms. The zero-order chi connectivity index (χ0) is 38.2. The van der Waals surface area contributed by atoms with Crippen LogP contribution in [0.2, 0.25) is 0 Å². The number of hydrogen-bond donors (Lipinski definition) is 3. The number of nitrogens with zero attached hydrogens (tertiary/aromatic N) is 7. The maximum atomic E-state index is 13.1. The summed E-state index contributed by atoms with van der Waals surface area (Å²) >= 11 is 0. The van der Waals surface area contributed by atoms with E-state index < -0.39 is 29.7 Å². The standard InChI is InChI=1S/C38H46N10O7/c1-22(49)43-25-14-26(15-25)47-21-42-33-34(40-20-41-35(33)47)39-17-23-6-10-45(11-7-23)18-24-8-12-46(13-9-24)32(51)19-55-27-2-3-28-29(16-27)38(54)48(37(28)53)30-4-5-31(50)44-36(30)52/h2-3,16,20-21,23-26,30H,4-15,17-19H2,1H3,(H,43,49)(H,39,40,41)(H,44,50,52)/t25?,26?,30-/m0/s1. The van der Waals surface area contributed by atoms with E-state index in [2.05, 4.69) is 40.4 Å². The number of imidazole rings is 1. The summed E-state index contributed by atoms with van der Waals surface area (Å²) in [6, 6.07) is 3.88. The van der Waals surface area contributed by atoms with E-state index in [0.717, 1.165) is 86.6 Å². The van der Waals surface area contributed by atoms with Gasteiger partial charge in [0.25, 0.3) is 17.7 Å². The molecule has 6 heterocycles. The SMILES string of the molecule is CC(=O)NC1CC(n2cnc3c(NCC4CCN(CC5CCN(C(=O)COc6ccc7c(c6)C(=O)N([C@H]6CCC(=O)NC6=O)C7=O)CC5)CC4)ncnc32)C1. The summed E-state index contributed by atoms with van der Waals surface area (Å²) in [5, 5.41) is 8.71. The van der Waals surface area contributed by atoms with Crippen molar-refractivity contribution < 1.29 is 33.5 Å². The van der Waals surface area contributed by atoms with Crippen LogP contribution >= 0.6 is 0 Å². The summed E-state index contributed by atoms with van der Waals surface area (Å²) in [6.45, 7) is 6.58. The molecule has 1 atom stereocenters. The lowest BCUT2D eigenvalue weighted by atomic mass is 9.86. The second-order valence-electron chi connectivity index (χ2n) is 15.5. The highest BCUT2D eigenvalue weighted by Gasteiger charge is 2.45. The zero-order valence-electron chi connectivity index (χ0n) is 30.9. The third kappa shape index (κ3) is 7.61. The highest BCUT2D eigenvalue weighted by Crippen LogP contribution is 2.35. The van der Waals surface area contributed by atoms with Crippen LogP contribution in [0.25, 0.3) is 11.2 Å². The average Bonchev–Trinajstić information content (AvgIpc) is 3.70. The van der Waals surface area contributed by atoms with Crippen LogP contribution in [0.1, 0.15) is 85.0 Å². The van der Waals surface area contributed by atoms with Gasteiger partial charge in [-0.25, -0.2) is 15.0 Å². The summed E-state index contributed by atoms with van der Waals surface area (Å²) in [5.41, 5.74) is 1.86. The first-order valence-electron chi connectivity index (χ1n) is 19.3. The Kier molecular flexibility index (Phi) is 10.2. The highest BCUT2D eigenvalue weighted by molar-refractivity contribution is 6.23. The molecule has 0 unspecified atom stereocenters. The first-order chi connectivity index (χ1) is 26.6. The number of ether oxygens (including phenoxy) is 1. The predicted octanol–water partition coefficient (Wildman–Crippen LogP) is 1.51. The lowest BCUT2D eigenvalue weighted by Crippen LogP contribution is -2.54. The van der Waals surface area contributed by atoms with Crippen LogP contribution in [0.3, 0.4) is 0 Å². The van der Waals surface area contributed by atoms with Gasteiger partial charge < -0.3 is 29.7 Å². The topological polar surface area (TPSA) is 201 Å². The normalized spacial score (nSPS) is 23.8. The van der Waals surface area contributed by atoms with E-state index in [1.54, 1.807) is 19.3 Å². The van der Waals surface area contributed by atoms with Crippen molar-refractivity contribution in [3.05, 3.63) is 42.0 Å². The van der Waals surface area contributed by atoms with Crippen molar-refractivity contribution in [1.29, 1.82) is 0 Å². The van der Waals surface area contributed by atoms with Gasteiger partial charge in [-0.05, 0) is 88.1 Å². The number of fused-ring (bicyclic) bond motifs is 2. The molecule has 0 bridgehead atoms. The fourth-order valence-corrected chi connectivity index (χ4v) is 8.59. The van der Waals surface area contributed by atoms with Crippen LogP contribution in [-0.4, -0.2) is 128 Å². The number of rotatable bonds is 11. The van der Waals surface area contributed by atoms with Gasteiger partial charge in [-0.3, -0.25) is 39.0 Å². The molecule has 3 N–H and O–H groups in total. The minimum absolute atomic E-state index is 0.00166. The molecule has 8 rings (SSSR count). The summed E-state index contributed by atoms with van der Waals surface area (Å²) in [4.78, 5) is 93.3. The summed E-state index contributed by atoms with van der Waals surface area (Å²) < 4.78 is 7.87. The van der Waals surface area contributed by atoms with E-state index >= 15 is 0 Å². The molecule has 5 aliphatic rings. The Balaban J connectivity index is 0.745. The van der Waals surface area contributed by atoms with Crippen molar-refractivity contribution in [2.75, 3.05) is 51.2 Å². The fraction of sp³-hybridized carbons (Fsp3) is 0.553. The number of anilines is 1. The van der Waals surface area contributed by atoms with Gasteiger partial charge in [0.15, 0.2) is 18.1 Å². The minimum Gasteiger partial charge on any atom is -0.484 e. The molecule has 6 amide bonds. The summed E-state index contributed by atoms with van der Waals surface area (Å²) in [6.07, 6.45) is 9.31. The fourth-order valence-electron chi connectivity index (χ4n) is 8.59. The zero-order valence-corrected chi connectivity index (χ0v) is 30.9. The Morgan fingerprint density at radius 1 is 0.909 bits per heavy atom. The first kappa shape index (κ1) is 36.5. The van der Waals surface area contributed by atoms with Crippen LogP contribution < -0.4 is 20.7 Å². The molecule has 290 valence electrons. The monoisotopic (exact) mass is 754 g/mol. The molecule has 3 saturated heterocycles. The van der Waals surface area contributed by atoms with E-state index in [-0.39, 0.29) is 60.2 Å². The largest absolute Gasteiger partial charge is 0.484 e. The molecule has 1 aromatic carbocycles. The number of piperidine rings is 3. The molecular formula is C38H46N10O7. The Morgan fingerprint density at radius 3 is 2.40 bits per heavy atom. The average molecular weight is 755 g/mol. The van der Waals surface area contributed by atoms with Crippen molar-refractivity contribution in [3.8, 4) is 5.75 Å². The molecule has 17 nitrogen and oxygen atoms in total. The number of hydrogen-bond acceptors (Lipinski definition) is 12. The van der Waals surface area contributed by atoms with Crippen molar-refractivity contribution >= 4 is 52.4 Å². The van der Waals surface area contributed by atoms with Crippen LogP contribution in [0, 0.1) is 11.8 Å². The molecule has 2 aromatic heterocycles. The lowest BCUT2D eigenvalue weighted by Gasteiger charge is -2.37. The number of imide groups is 2. The van der Waals surface area contributed by atoms with Gasteiger partial charge in [0.05, 0.1) is 17.5 Å². The summed E-state index contributed by atoms with van der Waals surface area (Å²) in [7, 11) is 0. The molecule has 0 radical (unpaired) electrons. The molecular weight excluding hydrogens is 708 g/mol. The van der Waals surface area contributed by atoms with Crippen molar-refractivity contribution in [3.63, 3.8) is 0 Å². The second-order valence-corrected chi connectivity index (χ2v) is 15.5. The van der Waals surface area contributed by atoms with Crippen LogP contribution in [0.4, 0.5) is 5.82 Å². The van der Waals surface area contributed by atoms with Gasteiger partial charge in [0, 0.05) is 51.6 Å². The van der Waals surface area contributed by atoms with Crippen LogP contribution in [-0.2, 0) is 19.2 Å². The van der Waals surface area contributed by atoms with E-state index in [1.807, 2.05) is 11.2 Å². The smallest absolute Gasteiger partial charge is 0.262 e. The predicted molar refractivity (Wildman–Crippen MR) is 197 cm³/mol. The number of likely N-dealkylation sites (tertiary alicyclic amines) is 2. The third-order valence-electron chi connectivity index (χ3n) is 11.8. The number of amides is 6. The summed E-state index contributed by atoms with van der Waals surface area (Å²) in [5.74, 6) is -0.349. The maximum Gasteiger partial charge on any atom is 0.262 e. The van der Waals surface area contributed by atoms with Gasteiger partial charge in [-0.2, -0.15) is 0 Å². The number of carbonyl (C=O) groups excluding carboxylic acids is 6. The molecule has 1 aliphatic carbocycles. The van der Waals surface area contributed by atoms with Gasteiger partial charge in [-0.15, -0.1) is 0 Å². The van der Waals surface area contributed by atoms with E-state index in [1.165, 1.54) is 12.1 Å². The van der Waals surface area contributed by atoms with Gasteiger partial charge in [-0.1, -0.05) is 0 Å². The number of nitrogens with one attached hydrogen (secondary N) is 3. The van der Waals surface area contributed by atoms with E-state index in [9.17, 15) is 28.8 Å². The quantitative estimate of drug-likeness (QED) is 0.239. The number of benzene rings is 1. The molecule has 4 aliphatic heterocycles. The lowest BCUT2D eigenvalue weighted by molar-refractivity contribution is -0.136. The van der Waals surface area contributed by atoms with Crippen LogP contribution in [0.5, 0.6) is 5.75 Å². The molecule has 1 saturated carbocycles. The van der Waals surface area contributed by atoms with Gasteiger partial charge >= 0.3 is 0 Å². The highest BCUT2D eigenvalue weighted by atomic mass is 16.5. The third-order valence-corrected chi connectivity index (χ3v) is 11.8. The number of aromatic nitrogens is 4. The molecule has 55 heavy (non-hydrogen) atoms. The van der Waals surface area contributed by atoms with Crippen LogP contribution in [0.15, 0.2) is 30.9 Å². The molecule has 3 aromatic rings. The Morgan fingerprint density at radius 2 is 1.65 bits per heavy atom.